The third kappa shape index (κ3) is 4.58. The molecule has 1 N–H and O–H groups in total. The number of hydrogen-bond donors (Lipinski definition) is 1. The van der Waals surface area contributed by atoms with Crippen LogP contribution in [0.4, 0.5) is 5.69 Å². The fourth-order valence-corrected chi connectivity index (χ4v) is 2.35. The Balaban J connectivity index is 2.33. The molecule has 27 heavy (non-hydrogen) atoms. The summed E-state index contributed by atoms with van der Waals surface area (Å²) < 4.78 is 21.0. The van der Waals surface area contributed by atoms with Crippen LogP contribution in [0.5, 0.6) is 11.5 Å². The quantitative estimate of drug-likeness (QED) is 0.740. The Labute approximate surface area is 157 Å². The molecule has 0 aliphatic carbocycles. The molecule has 1 heterocycles. The number of methoxy groups -OCH3 is 2. The Morgan fingerprint density at radius 3 is 2.30 bits per heavy atom. The van der Waals surface area contributed by atoms with Crippen molar-refractivity contribution in [3.05, 3.63) is 34.7 Å². The number of amides is 1. The van der Waals surface area contributed by atoms with Crippen molar-refractivity contribution in [3.63, 3.8) is 0 Å². The molecule has 0 spiro atoms. The number of esters is 1. The van der Waals surface area contributed by atoms with E-state index in [2.05, 4.69) is 10.5 Å². The lowest BCUT2D eigenvalue weighted by Crippen LogP contribution is -2.20. The molecule has 2 aromatic rings. The summed E-state index contributed by atoms with van der Waals surface area (Å²) >= 11 is 0. The van der Waals surface area contributed by atoms with Gasteiger partial charge < -0.3 is 24.1 Å². The van der Waals surface area contributed by atoms with Crippen molar-refractivity contribution in [2.75, 3.05) is 19.5 Å². The van der Waals surface area contributed by atoms with E-state index < -0.39 is 5.97 Å². The first kappa shape index (κ1) is 20.3. The van der Waals surface area contributed by atoms with Crippen LogP contribution >= 0.6 is 0 Å². The Hall–Kier alpha value is -3.03. The van der Waals surface area contributed by atoms with E-state index in [4.69, 9.17) is 18.7 Å². The lowest BCUT2D eigenvalue weighted by molar-refractivity contribution is -0.118. The number of hydrogen-bond acceptors (Lipinski definition) is 7. The van der Waals surface area contributed by atoms with Gasteiger partial charge in [-0.1, -0.05) is 19.0 Å². The Bertz CT molecular complexity index is 821. The van der Waals surface area contributed by atoms with Gasteiger partial charge in [-0.2, -0.15) is 0 Å². The zero-order valence-electron chi connectivity index (χ0n) is 16.3. The van der Waals surface area contributed by atoms with Crippen molar-refractivity contribution in [2.45, 2.75) is 34.3 Å². The second kappa shape index (κ2) is 8.57. The largest absolute Gasteiger partial charge is 0.493 e. The molecule has 1 amide bonds. The van der Waals surface area contributed by atoms with Gasteiger partial charge in [0.25, 0.3) is 0 Å². The van der Waals surface area contributed by atoms with Gasteiger partial charge in [0.1, 0.15) is 12.4 Å². The second-order valence-corrected chi connectivity index (χ2v) is 6.28. The van der Waals surface area contributed by atoms with Crippen LogP contribution in [0.25, 0.3) is 0 Å². The molecule has 1 aromatic heterocycles. The van der Waals surface area contributed by atoms with Crippen LogP contribution in [-0.2, 0) is 16.1 Å². The molecule has 0 aliphatic heterocycles. The molecule has 2 rings (SSSR count). The first-order chi connectivity index (χ1) is 12.8. The van der Waals surface area contributed by atoms with E-state index in [1.54, 1.807) is 27.7 Å². The van der Waals surface area contributed by atoms with Gasteiger partial charge in [-0.25, -0.2) is 4.79 Å². The summed E-state index contributed by atoms with van der Waals surface area (Å²) in [4.78, 5) is 24.8. The number of aromatic nitrogens is 1. The van der Waals surface area contributed by atoms with Gasteiger partial charge in [0, 0.05) is 18.1 Å². The van der Waals surface area contributed by atoms with E-state index in [0.717, 1.165) is 0 Å². The number of carbonyl (C=O) groups excluding carboxylic acids is 2. The molecule has 0 fully saturated rings. The SMILES string of the molecule is COc1cc(NC(=O)C(C)C)c(C(=O)OCc2c(C)noc2C)cc1OC. The van der Waals surface area contributed by atoms with Crippen LogP contribution in [0.3, 0.4) is 0 Å². The van der Waals surface area contributed by atoms with Crippen LogP contribution in [0.1, 0.15) is 41.2 Å². The van der Waals surface area contributed by atoms with Gasteiger partial charge in [-0.3, -0.25) is 4.79 Å². The first-order valence-electron chi connectivity index (χ1n) is 8.44. The molecule has 146 valence electrons. The van der Waals surface area contributed by atoms with Gasteiger partial charge in [-0.05, 0) is 13.8 Å². The van der Waals surface area contributed by atoms with Crippen LogP contribution < -0.4 is 14.8 Å². The zero-order chi connectivity index (χ0) is 20.1. The van der Waals surface area contributed by atoms with E-state index in [1.165, 1.54) is 26.4 Å². The number of carbonyl (C=O) groups is 2. The molecule has 0 bridgehead atoms. The summed E-state index contributed by atoms with van der Waals surface area (Å²) in [6.07, 6.45) is 0. The predicted octanol–water partition coefficient (Wildman–Crippen LogP) is 3.26. The van der Waals surface area contributed by atoms with Crippen LogP contribution in [0.2, 0.25) is 0 Å². The molecule has 0 saturated heterocycles. The minimum absolute atomic E-state index is 0.00586. The summed E-state index contributed by atoms with van der Waals surface area (Å²) in [6.45, 7) is 7.03. The molecule has 1 aromatic carbocycles. The Morgan fingerprint density at radius 1 is 1.15 bits per heavy atom. The predicted molar refractivity (Wildman–Crippen MR) is 98.1 cm³/mol. The van der Waals surface area contributed by atoms with Gasteiger partial charge in [0.05, 0.1) is 36.7 Å². The van der Waals surface area contributed by atoms with Crippen LogP contribution in [0, 0.1) is 19.8 Å². The first-order valence-corrected chi connectivity index (χ1v) is 8.44. The highest BCUT2D eigenvalue weighted by Gasteiger charge is 2.21. The van der Waals surface area contributed by atoms with Crippen molar-refractivity contribution >= 4 is 17.6 Å². The molecular weight excluding hydrogens is 352 g/mol. The van der Waals surface area contributed by atoms with E-state index in [0.29, 0.717) is 28.5 Å². The molecule has 0 aliphatic rings. The maximum atomic E-state index is 12.7. The third-order valence-electron chi connectivity index (χ3n) is 4.05. The number of anilines is 1. The van der Waals surface area contributed by atoms with Gasteiger partial charge in [0.15, 0.2) is 11.5 Å². The maximum absolute atomic E-state index is 12.7. The number of rotatable bonds is 7. The van der Waals surface area contributed by atoms with Gasteiger partial charge in [-0.15, -0.1) is 0 Å². The van der Waals surface area contributed by atoms with Crippen molar-refractivity contribution in [3.8, 4) is 11.5 Å². The monoisotopic (exact) mass is 376 g/mol. The molecule has 8 heteroatoms. The van der Waals surface area contributed by atoms with Gasteiger partial charge >= 0.3 is 5.97 Å². The van der Waals surface area contributed by atoms with Crippen molar-refractivity contribution < 1.29 is 28.3 Å². The molecule has 0 radical (unpaired) electrons. The third-order valence-corrected chi connectivity index (χ3v) is 4.05. The molecule has 0 atom stereocenters. The number of nitrogens with one attached hydrogen (secondary N) is 1. The van der Waals surface area contributed by atoms with E-state index in [-0.39, 0.29) is 29.7 Å². The highest BCUT2D eigenvalue weighted by Crippen LogP contribution is 2.34. The molecule has 0 saturated carbocycles. The minimum atomic E-state index is -0.616. The zero-order valence-corrected chi connectivity index (χ0v) is 16.3. The molecule has 8 nitrogen and oxygen atoms in total. The summed E-state index contributed by atoms with van der Waals surface area (Å²) in [6, 6.07) is 3.01. The van der Waals surface area contributed by atoms with Crippen molar-refractivity contribution in [1.29, 1.82) is 0 Å². The Kier molecular flexibility index (Phi) is 6.44. The Morgan fingerprint density at radius 2 is 1.78 bits per heavy atom. The van der Waals surface area contributed by atoms with Crippen LogP contribution in [0.15, 0.2) is 16.7 Å². The molecule has 0 unspecified atom stereocenters. The lowest BCUT2D eigenvalue weighted by Gasteiger charge is -2.16. The fourth-order valence-electron chi connectivity index (χ4n) is 2.35. The van der Waals surface area contributed by atoms with E-state index in [9.17, 15) is 9.59 Å². The van der Waals surface area contributed by atoms with Crippen LogP contribution in [-0.4, -0.2) is 31.3 Å². The van der Waals surface area contributed by atoms with E-state index >= 15 is 0 Å². The van der Waals surface area contributed by atoms with Gasteiger partial charge in [0.2, 0.25) is 5.91 Å². The minimum Gasteiger partial charge on any atom is -0.493 e. The summed E-state index contributed by atoms with van der Waals surface area (Å²) in [5.41, 5.74) is 1.81. The normalized spacial score (nSPS) is 10.6. The second-order valence-electron chi connectivity index (χ2n) is 6.28. The summed E-state index contributed by atoms with van der Waals surface area (Å²) in [5.74, 6) is 0.213. The molecular formula is C19H24N2O6. The van der Waals surface area contributed by atoms with Crippen molar-refractivity contribution in [1.82, 2.24) is 5.16 Å². The maximum Gasteiger partial charge on any atom is 0.340 e. The summed E-state index contributed by atoms with van der Waals surface area (Å²) in [5, 5.41) is 6.56. The summed E-state index contributed by atoms with van der Waals surface area (Å²) in [7, 11) is 2.94. The average Bonchev–Trinajstić information content (AvgIpc) is 2.96. The average molecular weight is 376 g/mol. The standard InChI is InChI=1S/C19H24N2O6/c1-10(2)18(22)20-15-8-17(25-6)16(24-5)7-13(15)19(23)26-9-14-11(3)21-27-12(14)4/h7-8,10H,9H2,1-6H3,(H,20,22). The highest BCUT2D eigenvalue weighted by molar-refractivity contribution is 6.02. The lowest BCUT2D eigenvalue weighted by atomic mass is 10.1. The number of aryl methyl sites for hydroxylation is 2. The smallest absolute Gasteiger partial charge is 0.340 e. The number of benzene rings is 1. The van der Waals surface area contributed by atoms with Crippen molar-refractivity contribution in [2.24, 2.45) is 5.92 Å². The van der Waals surface area contributed by atoms with E-state index in [1.807, 2.05) is 0 Å². The number of nitrogens with zero attached hydrogens (tertiary/aromatic N) is 1. The highest BCUT2D eigenvalue weighted by atomic mass is 16.5. The topological polar surface area (TPSA) is 99.9 Å². The number of ether oxygens (including phenoxy) is 3. The fraction of sp³-hybridized carbons (Fsp3) is 0.421.